The highest BCUT2D eigenvalue weighted by Crippen LogP contribution is 2.25. The second-order valence-electron chi connectivity index (χ2n) is 5.23. The highest BCUT2D eigenvalue weighted by molar-refractivity contribution is 5.97. The van der Waals surface area contributed by atoms with Gasteiger partial charge in [0.25, 0.3) is 5.91 Å². The quantitative estimate of drug-likeness (QED) is 0.877. The van der Waals surface area contributed by atoms with E-state index >= 15 is 0 Å². The van der Waals surface area contributed by atoms with Crippen molar-refractivity contribution in [2.24, 2.45) is 7.05 Å². The summed E-state index contributed by atoms with van der Waals surface area (Å²) in [5, 5.41) is 14.1. The van der Waals surface area contributed by atoms with E-state index in [4.69, 9.17) is 0 Å². The molecule has 0 bridgehead atoms. The fourth-order valence-corrected chi connectivity index (χ4v) is 2.64. The standard InChI is InChI=1S/C15H19N5O.2ClH/c1-20-10-18-19-14(20)7-9-17-15(21)12-4-2-6-13-11(12)5-3-8-16-13;;/h2,4,6,10,16H,3,5,7-9H2,1H3,(H,17,21);2*1H. The summed E-state index contributed by atoms with van der Waals surface area (Å²) in [5.74, 6) is 0.852. The monoisotopic (exact) mass is 357 g/mol. The average Bonchev–Trinajstić information content (AvgIpc) is 2.92. The second-order valence-corrected chi connectivity index (χ2v) is 5.23. The minimum atomic E-state index is -0.0160. The molecule has 2 N–H and O–H groups in total. The van der Waals surface area contributed by atoms with Gasteiger partial charge in [-0.1, -0.05) is 6.07 Å². The van der Waals surface area contributed by atoms with E-state index < -0.39 is 0 Å². The summed E-state index contributed by atoms with van der Waals surface area (Å²) in [5.41, 5.74) is 2.99. The van der Waals surface area contributed by atoms with E-state index in [1.807, 2.05) is 29.8 Å². The molecular formula is C15H21Cl2N5O. The molecule has 1 aliphatic rings. The van der Waals surface area contributed by atoms with Crippen molar-refractivity contribution >= 4 is 36.4 Å². The van der Waals surface area contributed by atoms with Crippen LogP contribution >= 0.6 is 24.8 Å². The Balaban J connectivity index is 0.00000132. The first-order valence-electron chi connectivity index (χ1n) is 7.22. The molecule has 23 heavy (non-hydrogen) atoms. The number of amides is 1. The molecule has 0 unspecified atom stereocenters. The molecule has 1 aromatic heterocycles. The van der Waals surface area contributed by atoms with Crippen LogP contribution in [-0.2, 0) is 19.9 Å². The number of rotatable bonds is 4. The molecule has 3 rings (SSSR count). The number of halogens is 2. The lowest BCUT2D eigenvalue weighted by Crippen LogP contribution is -2.28. The molecule has 1 aliphatic heterocycles. The maximum absolute atomic E-state index is 12.3. The molecular weight excluding hydrogens is 337 g/mol. The fraction of sp³-hybridized carbons (Fsp3) is 0.400. The topological polar surface area (TPSA) is 71.8 Å². The van der Waals surface area contributed by atoms with Crippen LogP contribution in [0.25, 0.3) is 0 Å². The summed E-state index contributed by atoms with van der Waals surface area (Å²) >= 11 is 0. The van der Waals surface area contributed by atoms with Crippen molar-refractivity contribution < 1.29 is 4.79 Å². The molecule has 2 aromatic rings. The van der Waals surface area contributed by atoms with E-state index in [1.165, 1.54) is 0 Å². The first-order chi connectivity index (χ1) is 10.3. The summed E-state index contributed by atoms with van der Waals surface area (Å²) in [4.78, 5) is 12.3. The van der Waals surface area contributed by atoms with Crippen LogP contribution in [0.5, 0.6) is 0 Å². The van der Waals surface area contributed by atoms with E-state index in [0.29, 0.717) is 13.0 Å². The summed E-state index contributed by atoms with van der Waals surface area (Å²) in [7, 11) is 1.90. The molecule has 0 saturated heterocycles. The molecule has 8 heteroatoms. The van der Waals surface area contributed by atoms with E-state index in [-0.39, 0.29) is 30.7 Å². The van der Waals surface area contributed by atoms with Gasteiger partial charge >= 0.3 is 0 Å². The van der Waals surface area contributed by atoms with Crippen LogP contribution in [-0.4, -0.2) is 33.8 Å². The van der Waals surface area contributed by atoms with Crippen molar-refractivity contribution in [1.82, 2.24) is 20.1 Å². The van der Waals surface area contributed by atoms with Crippen molar-refractivity contribution in [3.05, 3.63) is 41.5 Å². The Morgan fingerprint density at radius 1 is 1.39 bits per heavy atom. The van der Waals surface area contributed by atoms with E-state index in [2.05, 4.69) is 20.8 Å². The largest absolute Gasteiger partial charge is 0.385 e. The van der Waals surface area contributed by atoms with Crippen molar-refractivity contribution in [2.75, 3.05) is 18.4 Å². The number of aryl methyl sites for hydroxylation is 1. The predicted octanol–water partition coefficient (Wildman–Crippen LogP) is 1.99. The Hall–Kier alpha value is -1.79. The third-order valence-corrected chi connectivity index (χ3v) is 3.78. The fourth-order valence-electron chi connectivity index (χ4n) is 2.64. The number of fused-ring (bicyclic) bond motifs is 1. The number of benzene rings is 1. The predicted molar refractivity (Wildman–Crippen MR) is 94.8 cm³/mol. The average molecular weight is 358 g/mol. The lowest BCUT2D eigenvalue weighted by atomic mass is 9.97. The molecule has 126 valence electrons. The lowest BCUT2D eigenvalue weighted by molar-refractivity contribution is 0.0953. The molecule has 2 heterocycles. The Bertz CT molecular complexity index is 659. The molecule has 1 aromatic carbocycles. The van der Waals surface area contributed by atoms with Gasteiger partial charge in [-0.25, -0.2) is 0 Å². The van der Waals surface area contributed by atoms with Gasteiger partial charge in [-0.15, -0.1) is 35.0 Å². The zero-order valence-corrected chi connectivity index (χ0v) is 14.5. The van der Waals surface area contributed by atoms with Gasteiger partial charge in [-0.2, -0.15) is 0 Å². The van der Waals surface area contributed by atoms with Crippen LogP contribution in [0.4, 0.5) is 5.69 Å². The van der Waals surface area contributed by atoms with Crippen LogP contribution in [0.2, 0.25) is 0 Å². The van der Waals surface area contributed by atoms with Gasteiger partial charge in [0, 0.05) is 37.8 Å². The molecule has 6 nitrogen and oxygen atoms in total. The SMILES string of the molecule is Cl.Cl.Cn1cnnc1CCNC(=O)c1cccc2c1CCCN2. The number of hydrogen-bond donors (Lipinski definition) is 2. The third-order valence-electron chi connectivity index (χ3n) is 3.78. The Kier molecular flexibility index (Phi) is 7.32. The van der Waals surface area contributed by atoms with Crippen LogP contribution in [0.15, 0.2) is 24.5 Å². The third kappa shape index (κ3) is 4.36. The molecule has 0 atom stereocenters. The molecule has 0 fully saturated rings. The van der Waals surface area contributed by atoms with Gasteiger partial charge in [0.15, 0.2) is 0 Å². The number of carbonyl (C=O) groups excluding carboxylic acids is 1. The van der Waals surface area contributed by atoms with Gasteiger partial charge in [-0.3, -0.25) is 4.79 Å². The van der Waals surface area contributed by atoms with Crippen molar-refractivity contribution in [1.29, 1.82) is 0 Å². The first kappa shape index (κ1) is 19.3. The number of nitrogens with zero attached hydrogens (tertiary/aromatic N) is 3. The first-order valence-corrected chi connectivity index (χ1v) is 7.22. The van der Waals surface area contributed by atoms with Gasteiger partial charge < -0.3 is 15.2 Å². The minimum Gasteiger partial charge on any atom is -0.385 e. The van der Waals surface area contributed by atoms with Gasteiger partial charge in [0.2, 0.25) is 0 Å². The zero-order chi connectivity index (χ0) is 14.7. The van der Waals surface area contributed by atoms with Crippen molar-refractivity contribution in [3.63, 3.8) is 0 Å². The number of nitrogens with one attached hydrogen (secondary N) is 2. The summed E-state index contributed by atoms with van der Waals surface area (Å²) in [6.07, 6.45) is 4.36. The summed E-state index contributed by atoms with van der Waals surface area (Å²) < 4.78 is 1.86. The van der Waals surface area contributed by atoms with E-state index in [9.17, 15) is 4.79 Å². The Morgan fingerprint density at radius 2 is 2.22 bits per heavy atom. The maximum Gasteiger partial charge on any atom is 0.251 e. The number of hydrogen-bond acceptors (Lipinski definition) is 4. The maximum atomic E-state index is 12.3. The van der Waals surface area contributed by atoms with Gasteiger partial charge in [0.1, 0.15) is 12.2 Å². The van der Waals surface area contributed by atoms with E-state index in [1.54, 1.807) is 6.33 Å². The number of aromatic nitrogens is 3. The van der Waals surface area contributed by atoms with Crippen LogP contribution in [0.3, 0.4) is 0 Å². The second kappa shape index (κ2) is 8.74. The van der Waals surface area contributed by atoms with Gasteiger partial charge in [-0.05, 0) is 30.5 Å². The molecule has 1 amide bonds. The number of carbonyl (C=O) groups is 1. The molecule has 0 spiro atoms. The molecule has 0 radical (unpaired) electrons. The van der Waals surface area contributed by atoms with Crippen LogP contribution in [0, 0.1) is 0 Å². The minimum absolute atomic E-state index is 0. The molecule has 0 aliphatic carbocycles. The highest BCUT2D eigenvalue weighted by Gasteiger charge is 2.17. The van der Waals surface area contributed by atoms with Gasteiger partial charge in [0.05, 0.1) is 0 Å². The number of anilines is 1. The Morgan fingerprint density at radius 3 is 2.96 bits per heavy atom. The smallest absolute Gasteiger partial charge is 0.251 e. The van der Waals surface area contributed by atoms with Crippen molar-refractivity contribution in [2.45, 2.75) is 19.3 Å². The lowest BCUT2D eigenvalue weighted by Gasteiger charge is -2.20. The van der Waals surface area contributed by atoms with Crippen LogP contribution < -0.4 is 10.6 Å². The summed E-state index contributed by atoms with van der Waals surface area (Å²) in [6.45, 7) is 1.53. The zero-order valence-electron chi connectivity index (χ0n) is 12.9. The van der Waals surface area contributed by atoms with E-state index in [0.717, 1.165) is 42.0 Å². The summed E-state index contributed by atoms with van der Waals surface area (Å²) in [6, 6.07) is 5.85. The Labute approximate surface area is 147 Å². The van der Waals surface area contributed by atoms with Crippen LogP contribution in [0.1, 0.15) is 28.2 Å². The highest BCUT2D eigenvalue weighted by atomic mass is 35.5. The molecule has 0 saturated carbocycles. The normalized spacial score (nSPS) is 12.2. The van der Waals surface area contributed by atoms with Crippen molar-refractivity contribution in [3.8, 4) is 0 Å².